The lowest BCUT2D eigenvalue weighted by Crippen LogP contribution is -2.60. The lowest BCUT2D eigenvalue weighted by atomic mass is 9.79. The van der Waals surface area contributed by atoms with E-state index < -0.39 is 53.7 Å². The Morgan fingerprint density at radius 1 is 0.672 bits per heavy atom. The molecule has 7 rings (SSSR count). The number of carboxylic acid groups (broad SMARTS) is 1. The van der Waals surface area contributed by atoms with E-state index in [1.807, 2.05) is 155 Å². The van der Waals surface area contributed by atoms with Crippen LogP contribution in [0.25, 0.3) is 11.1 Å². The number of hydrogen-bond donors (Lipinski definition) is 4. The van der Waals surface area contributed by atoms with Crippen LogP contribution in [0, 0.1) is 11.8 Å². The summed E-state index contributed by atoms with van der Waals surface area (Å²) >= 11 is 1.13. The molecule has 12 heteroatoms. The highest BCUT2D eigenvalue weighted by Gasteiger charge is 2.43. The molecule has 1 aliphatic rings. The monoisotopic (exact) mass is 878 g/mol. The number of rotatable bonds is 18. The molecule has 5 aromatic carbocycles. The minimum atomic E-state index is -1.33. The number of carboxylic acids is 1. The topological polar surface area (TPSA) is 156 Å². The van der Waals surface area contributed by atoms with Crippen LogP contribution in [0.4, 0.5) is 4.79 Å². The van der Waals surface area contributed by atoms with Crippen molar-refractivity contribution in [3.8, 4) is 11.1 Å². The maximum atomic E-state index is 14.9. The molecule has 64 heavy (non-hydrogen) atoms. The summed E-state index contributed by atoms with van der Waals surface area (Å²) in [6.45, 7) is 9.35. The molecule has 0 saturated heterocycles. The normalized spacial score (nSPS) is 14.6. The van der Waals surface area contributed by atoms with E-state index >= 15 is 0 Å². The van der Waals surface area contributed by atoms with Gasteiger partial charge >= 0.3 is 12.1 Å². The number of carbonyl (C=O) groups is 4. The quantitative estimate of drug-likeness (QED) is 0.0623. The first-order valence-electron chi connectivity index (χ1n) is 21.7. The van der Waals surface area contributed by atoms with E-state index in [1.165, 1.54) is 5.38 Å². The van der Waals surface area contributed by atoms with Crippen molar-refractivity contribution in [3.63, 3.8) is 0 Å². The Morgan fingerprint density at radius 3 is 1.62 bits per heavy atom. The highest BCUT2D eigenvalue weighted by atomic mass is 32.1. The van der Waals surface area contributed by atoms with Crippen molar-refractivity contribution < 1.29 is 33.8 Å². The first-order valence-corrected chi connectivity index (χ1v) is 22.6. The van der Waals surface area contributed by atoms with Gasteiger partial charge in [-0.3, -0.25) is 9.59 Å². The van der Waals surface area contributed by atoms with Gasteiger partial charge in [-0.05, 0) is 57.7 Å². The number of nitrogens with one attached hydrogen (secondary N) is 3. The smallest absolute Gasteiger partial charge is 0.407 e. The Kier molecular flexibility index (Phi) is 14.4. The third-order valence-electron chi connectivity index (χ3n) is 12.0. The Labute approximate surface area is 378 Å². The molecule has 1 aliphatic carbocycles. The van der Waals surface area contributed by atoms with E-state index in [4.69, 9.17) is 9.47 Å². The maximum Gasteiger partial charge on any atom is 0.407 e. The average Bonchev–Trinajstić information content (AvgIpc) is 3.94. The number of ether oxygens (including phenoxy) is 2. The number of alkyl carbamates (subject to hydrolysis) is 1. The highest BCUT2D eigenvalue weighted by molar-refractivity contribution is 7.09. The molecular formula is C52H54N4O7S. The van der Waals surface area contributed by atoms with Gasteiger partial charge in [0.25, 0.3) is 0 Å². The van der Waals surface area contributed by atoms with Gasteiger partial charge in [0.05, 0.1) is 12.1 Å². The SMILES string of the molecule is CC[C@H](C)[C@H](NC(=O)OCC1c2ccccc2-c2ccccc21)C(=O)N[C@H](C(=O)N[C@@H](c1nc(C(=O)O)cs1)C(C)C)[C@H](C)OC(c1ccccc1)(c1ccccc1)c1ccccc1. The number of carbonyl (C=O) groups excluding carboxylic acids is 3. The van der Waals surface area contributed by atoms with Crippen LogP contribution in [0.15, 0.2) is 145 Å². The molecule has 5 atom stereocenters. The molecule has 11 nitrogen and oxygen atoms in total. The summed E-state index contributed by atoms with van der Waals surface area (Å²) in [6.07, 6.45) is -1.26. The Hall–Kier alpha value is -6.63. The number of hydrogen-bond acceptors (Lipinski definition) is 8. The van der Waals surface area contributed by atoms with E-state index in [-0.39, 0.29) is 30.1 Å². The van der Waals surface area contributed by atoms with Crippen molar-refractivity contribution in [1.82, 2.24) is 20.9 Å². The fraction of sp³-hybridized carbons (Fsp3) is 0.288. The predicted molar refractivity (Wildman–Crippen MR) is 248 cm³/mol. The molecule has 0 saturated carbocycles. The number of thiazole rings is 1. The third-order valence-corrected chi connectivity index (χ3v) is 13.0. The van der Waals surface area contributed by atoms with Gasteiger partial charge in [0.2, 0.25) is 11.8 Å². The molecule has 1 heterocycles. The Bertz CT molecular complexity index is 2410. The number of fused-ring (bicyclic) bond motifs is 3. The number of nitrogens with zero attached hydrogens (tertiary/aromatic N) is 1. The zero-order chi connectivity index (χ0) is 45.4. The van der Waals surface area contributed by atoms with Crippen LogP contribution in [-0.2, 0) is 24.7 Å². The standard InChI is InChI=1S/C52H54N4O7S/c1-6-33(4)45(56-51(61)62-30-42-40-28-18-16-26-38(40)39-27-17-19-29-41(39)42)47(57)55-46(48(58)54-44(32(2)3)49-53-43(31-64-49)50(59)60)34(5)63-52(35-20-10-7-11-21-35,36-22-12-8-13-23-36)37-24-14-9-15-25-37/h7-29,31-34,42,44-46H,6,30H2,1-5H3,(H,54,58)(H,55,57)(H,56,61)(H,59,60)/t33-,34-,44+,45-,46-/m0/s1. The van der Waals surface area contributed by atoms with E-state index in [0.717, 1.165) is 50.3 Å². The largest absolute Gasteiger partial charge is 0.476 e. The molecule has 0 unspecified atom stereocenters. The summed E-state index contributed by atoms with van der Waals surface area (Å²) in [5, 5.41) is 20.4. The molecule has 0 bridgehead atoms. The van der Waals surface area contributed by atoms with Gasteiger partial charge in [-0.2, -0.15) is 0 Å². The minimum Gasteiger partial charge on any atom is -0.476 e. The fourth-order valence-corrected chi connectivity index (χ4v) is 9.48. The van der Waals surface area contributed by atoms with E-state index in [2.05, 4.69) is 33.1 Å². The second-order valence-electron chi connectivity index (χ2n) is 16.5. The van der Waals surface area contributed by atoms with Crippen molar-refractivity contribution in [2.24, 2.45) is 11.8 Å². The number of aromatic nitrogens is 1. The lowest BCUT2D eigenvalue weighted by Gasteiger charge is -2.40. The predicted octanol–water partition coefficient (Wildman–Crippen LogP) is 9.49. The minimum absolute atomic E-state index is 0.0576. The first-order chi connectivity index (χ1) is 30.9. The molecule has 3 amide bonds. The van der Waals surface area contributed by atoms with Crippen molar-refractivity contribution in [1.29, 1.82) is 0 Å². The summed E-state index contributed by atoms with van der Waals surface area (Å²) < 4.78 is 13.2. The molecule has 0 fully saturated rings. The second kappa shape index (κ2) is 20.3. The first kappa shape index (κ1) is 45.4. The second-order valence-corrected chi connectivity index (χ2v) is 17.4. The van der Waals surface area contributed by atoms with Gasteiger partial charge in [-0.25, -0.2) is 14.6 Å². The van der Waals surface area contributed by atoms with Gasteiger partial charge in [0.15, 0.2) is 5.69 Å². The number of aromatic carboxylic acids is 1. The molecule has 0 spiro atoms. The van der Waals surface area contributed by atoms with Crippen molar-refractivity contribution in [3.05, 3.63) is 183 Å². The number of benzene rings is 5. The zero-order valence-corrected chi connectivity index (χ0v) is 37.4. The average molecular weight is 879 g/mol. The zero-order valence-electron chi connectivity index (χ0n) is 36.6. The Morgan fingerprint density at radius 2 is 1.16 bits per heavy atom. The van der Waals surface area contributed by atoms with Crippen molar-refractivity contribution in [2.75, 3.05) is 6.61 Å². The van der Waals surface area contributed by atoms with Crippen LogP contribution in [0.1, 0.15) is 96.3 Å². The third kappa shape index (κ3) is 9.63. The summed E-state index contributed by atoms with van der Waals surface area (Å²) in [5.74, 6) is -3.14. The molecule has 0 radical (unpaired) electrons. The summed E-state index contributed by atoms with van der Waals surface area (Å²) in [5.41, 5.74) is 5.31. The van der Waals surface area contributed by atoms with Gasteiger partial charge in [0.1, 0.15) is 29.3 Å². The maximum absolute atomic E-state index is 14.9. The molecule has 1 aromatic heterocycles. The number of amides is 3. The van der Waals surface area contributed by atoms with Crippen molar-refractivity contribution >= 4 is 35.2 Å². The van der Waals surface area contributed by atoms with Gasteiger partial charge < -0.3 is 30.5 Å². The van der Waals surface area contributed by atoms with E-state index in [1.54, 1.807) is 6.92 Å². The van der Waals surface area contributed by atoms with Crippen LogP contribution in [-0.4, -0.2) is 58.8 Å². The molecule has 330 valence electrons. The van der Waals surface area contributed by atoms with Crippen LogP contribution in [0.2, 0.25) is 0 Å². The van der Waals surface area contributed by atoms with Crippen LogP contribution in [0.3, 0.4) is 0 Å². The van der Waals surface area contributed by atoms with Gasteiger partial charge in [-0.15, -0.1) is 11.3 Å². The van der Waals surface area contributed by atoms with Gasteiger partial charge in [0, 0.05) is 11.3 Å². The van der Waals surface area contributed by atoms with Gasteiger partial charge in [-0.1, -0.05) is 174 Å². The van der Waals surface area contributed by atoms with E-state index in [0.29, 0.717) is 11.4 Å². The van der Waals surface area contributed by atoms with Crippen LogP contribution >= 0.6 is 11.3 Å². The van der Waals surface area contributed by atoms with Crippen LogP contribution in [0.5, 0.6) is 0 Å². The van der Waals surface area contributed by atoms with Crippen molar-refractivity contribution in [2.45, 2.75) is 76.8 Å². The molecule has 0 aliphatic heterocycles. The van der Waals surface area contributed by atoms with E-state index in [9.17, 15) is 24.3 Å². The Balaban J connectivity index is 1.21. The molecular weight excluding hydrogens is 825 g/mol. The molecule has 4 N–H and O–H groups in total. The fourth-order valence-electron chi connectivity index (χ4n) is 8.46. The molecule has 6 aromatic rings. The summed E-state index contributed by atoms with van der Waals surface area (Å²) in [7, 11) is 0. The lowest BCUT2D eigenvalue weighted by molar-refractivity contribution is -0.138. The highest BCUT2D eigenvalue weighted by Crippen LogP contribution is 2.45. The summed E-state index contributed by atoms with van der Waals surface area (Å²) in [6, 6.07) is 42.1. The van der Waals surface area contributed by atoms with Crippen LogP contribution < -0.4 is 16.0 Å². The summed E-state index contributed by atoms with van der Waals surface area (Å²) in [4.78, 5) is 59.5.